The van der Waals surface area contributed by atoms with Crippen LogP contribution in [0.15, 0.2) is 24.3 Å². The lowest BCUT2D eigenvalue weighted by Gasteiger charge is -2.10. The number of hydrogen-bond donors (Lipinski definition) is 1. The molecule has 1 N–H and O–H groups in total. The minimum absolute atomic E-state index is 0.00335. The summed E-state index contributed by atoms with van der Waals surface area (Å²) in [7, 11) is 0. The normalized spacial score (nSPS) is 11.0. The fourth-order valence-electron chi connectivity index (χ4n) is 2.80. The van der Waals surface area contributed by atoms with Crippen molar-refractivity contribution >= 4 is 23.3 Å². The number of nitrogens with one attached hydrogen (secondary N) is 1. The zero-order valence-corrected chi connectivity index (χ0v) is 15.3. The Morgan fingerprint density at radius 3 is 2.60 bits per heavy atom. The monoisotopic (exact) mass is 357 g/mol. The number of halogens is 1. The maximum atomic E-state index is 12.2. The molecule has 0 aliphatic rings. The van der Waals surface area contributed by atoms with Gasteiger partial charge in [0, 0.05) is 29.4 Å². The minimum atomic E-state index is 0.00335. The van der Waals surface area contributed by atoms with Gasteiger partial charge < -0.3 is 5.32 Å². The predicted molar refractivity (Wildman–Crippen MR) is 96.6 cm³/mol. The van der Waals surface area contributed by atoms with Crippen LogP contribution in [0.2, 0.25) is 5.02 Å². The largest absolute Gasteiger partial charge is 0.352 e. The van der Waals surface area contributed by atoms with Gasteiger partial charge in [-0.3, -0.25) is 4.79 Å². The van der Waals surface area contributed by atoms with Gasteiger partial charge in [-0.05, 0) is 50.5 Å². The molecular formula is C18H20ClN5O. The highest BCUT2D eigenvalue weighted by Crippen LogP contribution is 2.15. The quantitative estimate of drug-likeness (QED) is 0.762. The Labute approximate surface area is 151 Å². The molecule has 0 radical (unpaired) electrons. The van der Waals surface area contributed by atoms with Gasteiger partial charge in [0.05, 0.1) is 0 Å². The van der Waals surface area contributed by atoms with Crippen molar-refractivity contribution in [1.29, 1.82) is 0 Å². The van der Waals surface area contributed by atoms with Gasteiger partial charge in [0.1, 0.15) is 5.82 Å². The van der Waals surface area contributed by atoms with Gasteiger partial charge in [-0.25, -0.2) is 9.50 Å². The van der Waals surface area contributed by atoms with Crippen molar-refractivity contribution in [3.8, 4) is 0 Å². The van der Waals surface area contributed by atoms with Gasteiger partial charge in [-0.1, -0.05) is 23.7 Å². The Balaban J connectivity index is 1.63. The summed E-state index contributed by atoms with van der Waals surface area (Å²) in [6, 6.07) is 7.44. The summed E-state index contributed by atoms with van der Waals surface area (Å²) in [6.45, 7) is 6.26. The molecule has 0 unspecified atom stereocenters. The van der Waals surface area contributed by atoms with Crippen molar-refractivity contribution in [3.63, 3.8) is 0 Å². The maximum absolute atomic E-state index is 12.2. The van der Waals surface area contributed by atoms with E-state index in [0.29, 0.717) is 36.0 Å². The molecule has 0 saturated heterocycles. The fourth-order valence-corrected chi connectivity index (χ4v) is 2.93. The first kappa shape index (κ1) is 17.4. The van der Waals surface area contributed by atoms with Gasteiger partial charge in [-0.15, -0.1) is 0 Å². The highest BCUT2D eigenvalue weighted by Gasteiger charge is 2.13. The number of nitrogens with zero attached hydrogens (tertiary/aromatic N) is 4. The lowest BCUT2D eigenvalue weighted by Crippen LogP contribution is -2.23. The van der Waals surface area contributed by atoms with Crippen LogP contribution >= 0.6 is 11.6 Å². The molecule has 0 aliphatic carbocycles. The van der Waals surface area contributed by atoms with Crippen molar-refractivity contribution in [2.75, 3.05) is 0 Å². The second-order valence-corrected chi connectivity index (χ2v) is 6.47. The Morgan fingerprint density at radius 2 is 1.88 bits per heavy atom. The molecule has 0 fully saturated rings. The summed E-state index contributed by atoms with van der Waals surface area (Å²) < 4.78 is 1.74. The zero-order valence-electron chi connectivity index (χ0n) is 14.5. The molecule has 3 aromatic rings. The van der Waals surface area contributed by atoms with E-state index in [1.54, 1.807) is 4.52 Å². The van der Waals surface area contributed by atoms with Gasteiger partial charge >= 0.3 is 0 Å². The molecule has 1 amide bonds. The summed E-state index contributed by atoms with van der Waals surface area (Å²) in [5, 5.41) is 7.98. The molecule has 7 heteroatoms. The van der Waals surface area contributed by atoms with Gasteiger partial charge in [0.15, 0.2) is 0 Å². The molecule has 3 rings (SSSR count). The van der Waals surface area contributed by atoms with Crippen LogP contribution in [0.5, 0.6) is 0 Å². The van der Waals surface area contributed by atoms with E-state index in [9.17, 15) is 4.79 Å². The van der Waals surface area contributed by atoms with Crippen molar-refractivity contribution in [3.05, 3.63) is 57.6 Å². The van der Waals surface area contributed by atoms with Crippen LogP contribution in [-0.2, 0) is 17.8 Å². The standard InChI is InChI=1S/C18H20ClN5O/c1-11-16(12(2)24-18(21-11)22-13(3)23-24)8-9-17(25)20-10-14-4-6-15(19)7-5-14/h4-7H,8-10H2,1-3H3,(H,20,25). The molecule has 2 heterocycles. The summed E-state index contributed by atoms with van der Waals surface area (Å²) in [4.78, 5) is 20.9. The molecule has 130 valence electrons. The number of rotatable bonds is 5. The SMILES string of the molecule is Cc1nc2nc(C)c(CCC(=O)NCc3ccc(Cl)cc3)c(C)n2n1. The third kappa shape index (κ3) is 3.96. The van der Waals surface area contributed by atoms with Crippen LogP contribution in [0.25, 0.3) is 5.78 Å². The number of aromatic nitrogens is 4. The Kier molecular flexibility index (Phi) is 4.99. The van der Waals surface area contributed by atoms with E-state index >= 15 is 0 Å². The predicted octanol–water partition coefficient (Wildman–Crippen LogP) is 2.95. The average molecular weight is 358 g/mol. The van der Waals surface area contributed by atoms with E-state index in [4.69, 9.17) is 11.6 Å². The first-order chi connectivity index (χ1) is 11.9. The Hall–Kier alpha value is -2.47. The molecule has 6 nitrogen and oxygen atoms in total. The van der Waals surface area contributed by atoms with Crippen molar-refractivity contribution in [2.24, 2.45) is 0 Å². The number of fused-ring (bicyclic) bond motifs is 1. The topological polar surface area (TPSA) is 72.2 Å². The lowest BCUT2D eigenvalue weighted by atomic mass is 10.1. The van der Waals surface area contributed by atoms with E-state index in [0.717, 1.165) is 22.5 Å². The highest BCUT2D eigenvalue weighted by atomic mass is 35.5. The van der Waals surface area contributed by atoms with Gasteiger partial charge in [0.25, 0.3) is 5.78 Å². The third-order valence-electron chi connectivity index (χ3n) is 4.16. The maximum Gasteiger partial charge on any atom is 0.252 e. The van der Waals surface area contributed by atoms with E-state index in [-0.39, 0.29) is 5.91 Å². The molecule has 2 aromatic heterocycles. The lowest BCUT2D eigenvalue weighted by molar-refractivity contribution is -0.121. The van der Waals surface area contributed by atoms with Crippen molar-refractivity contribution < 1.29 is 4.79 Å². The van der Waals surface area contributed by atoms with Crippen molar-refractivity contribution in [1.82, 2.24) is 24.9 Å². The van der Waals surface area contributed by atoms with E-state index in [2.05, 4.69) is 20.4 Å². The van der Waals surface area contributed by atoms with Gasteiger partial charge in [-0.2, -0.15) is 10.1 Å². The van der Waals surface area contributed by atoms with Crippen LogP contribution in [0.4, 0.5) is 0 Å². The number of benzene rings is 1. The van der Waals surface area contributed by atoms with Crippen molar-refractivity contribution in [2.45, 2.75) is 40.2 Å². The van der Waals surface area contributed by atoms with Crippen LogP contribution in [-0.4, -0.2) is 25.5 Å². The van der Waals surface area contributed by atoms with Crippen LogP contribution in [0.1, 0.15) is 34.8 Å². The summed E-state index contributed by atoms with van der Waals surface area (Å²) in [5.41, 5.74) is 3.93. The highest BCUT2D eigenvalue weighted by molar-refractivity contribution is 6.30. The fraction of sp³-hybridized carbons (Fsp3) is 0.333. The second-order valence-electron chi connectivity index (χ2n) is 6.04. The van der Waals surface area contributed by atoms with Crippen LogP contribution < -0.4 is 5.32 Å². The van der Waals surface area contributed by atoms with Crippen LogP contribution in [0.3, 0.4) is 0 Å². The number of hydrogen-bond acceptors (Lipinski definition) is 4. The summed E-state index contributed by atoms with van der Waals surface area (Å²) in [5.74, 6) is 1.29. The number of carbonyl (C=O) groups excluding carboxylic acids is 1. The zero-order chi connectivity index (χ0) is 18.0. The summed E-state index contributed by atoms with van der Waals surface area (Å²) >= 11 is 5.86. The number of amides is 1. The van der Waals surface area contributed by atoms with E-state index < -0.39 is 0 Å². The number of aryl methyl sites for hydroxylation is 3. The molecular weight excluding hydrogens is 338 g/mol. The van der Waals surface area contributed by atoms with Crippen LogP contribution in [0, 0.1) is 20.8 Å². The Bertz CT molecular complexity index is 917. The Morgan fingerprint density at radius 1 is 1.16 bits per heavy atom. The average Bonchev–Trinajstić information content (AvgIpc) is 2.94. The van der Waals surface area contributed by atoms with E-state index in [1.165, 1.54) is 0 Å². The second kappa shape index (κ2) is 7.19. The van der Waals surface area contributed by atoms with Gasteiger partial charge in [0.2, 0.25) is 5.91 Å². The summed E-state index contributed by atoms with van der Waals surface area (Å²) in [6.07, 6.45) is 1.02. The molecule has 0 spiro atoms. The van der Waals surface area contributed by atoms with E-state index in [1.807, 2.05) is 45.0 Å². The molecule has 0 saturated carbocycles. The first-order valence-corrected chi connectivity index (χ1v) is 8.52. The first-order valence-electron chi connectivity index (χ1n) is 8.14. The molecule has 0 bridgehead atoms. The molecule has 1 aromatic carbocycles. The molecule has 0 aliphatic heterocycles. The molecule has 0 atom stereocenters. The smallest absolute Gasteiger partial charge is 0.252 e. The minimum Gasteiger partial charge on any atom is -0.352 e. The third-order valence-corrected chi connectivity index (χ3v) is 4.41. The number of carbonyl (C=O) groups is 1. The molecule has 25 heavy (non-hydrogen) atoms.